The summed E-state index contributed by atoms with van der Waals surface area (Å²) in [6.07, 6.45) is -7.13. The van der Waals surface area contributed by atoms with Crippen LogP contribution < -0.4 is 18.9 Å². The number of halogens is 1. The predicted molar refractivity (Wildman–Crippen MR) is 114 cm³/mol. The van der Waals surface area contributed by atoms with Crippen molar-refractivity contribution in [3.05, 3.63) is 46.5 Å². The predicted octanol–water partition coefficient (Wildman–Crippen LogP) is 1.48. The van der Waals surface area contributed by atoms with E-state index in [1.54, 1.807) is 18.2 Å². The van der Waals surface area contributed by atoms with Gasteiger partial charge in [-0.05, 0) is 29.3 Å². The second-order valence-corrected chi connectivity index (χ2v) is 8.13. The fraction of sp³-hybridized carbons (Fsp3) is 0.500. The molecule has 5 atom stereocenters. The first kappa shape index (κ1) is 17.8. The van der Waals surface area contributed by atoms with Crippen LogP contribution in [0.4, 0.5) is 4.39 Å². The van der Waals surface area contributed by atoms with Gasteiger partial charge in [0.25, 0.3) is 0 Å². The molecular formula is C24H27FO8. The van der Waals surface area contributed by atoms with Crippen LogP contribution in [0.3, 0.4) is 0 Å². The van der Waals surface area contributed by atoms with Crippen molar-refractivity contribution in [2.24, 2.45) is 0 Å². The Morgan fingerprint density at radius 3 is 2.67 bits per heavy atom. The zero-order chi connectivity index (χ0) is 26.7. The number of fused-ring (bicyclic) bond motifs is 2. The van der Waals surface area contributed by atoms with Crippen molar-refractivity contribution in [2.75, 3.05) is 33.4 Å². The van der Waals surface area contributed by atoms with Crippen molar-refractivity contribution in [3.63, 3.8) is 0 Å². The molecule has 8 nitrogen and oxygen atoms in total. The maximum Gasteiger partial charge on any atom is 0.161 e. The van der Waals surface area contributed by atoms with Crippen molar-refractivity contribution < 1.29 is 48.9 Å². The quantitative estimate of drug-likeness (QED) is 0.609. The van der Waals surface area contributed by atoms with Crippen LogP contribution >= 0.6 is 0 Å². The molecule has 2 aromatic rings. The Morgan fingerprint density at radius 1 is 1.12 bits per heavy atom. The lowest BCUT2D eigenvalue weighted by Crippen LogP contribution is -2.53. The first-order valence-corrected chi connectivity index (χ1v) is 10.6. The lowest BCUT2D eigenvalue weighted by Gasteiger charge is -2.39. The molecule has 0 aliphatic carbocycles. The monoisotopic (exact) mass is 466 g/mol. The SMILES string of the molecule is [2H]C1([2H])Oc2ccc(Cc3cc([C@@H]4O[C@H](CO)[C@@H](F)[C@H](O)[C@H]4O)c(OC)c4c3OCC4)cc2OC1([2H])[2H]. The second kappa shape index (κ2) is 8.98. The van der Waals surface area contributed by atoms with Gasteiger partial charge in [-0.1, -0.05) is 6.07 Å². The smallest absolute Gasteiger partial charge is 0.161 e. The third kappa shape index (κ3) is 3.89. The van der Waals surface area contributed by atoms with Gasteiger partial charge in [-0.25, -0.2) is 4.39 Å². The molecule has 0 amide bonds. The van der Waals surface area contributed by atoms with Gasteiger partial charge in [-0.3, -0.25) is 0 Å². The maximum absolute atomic E-state index is 14.4. The average Bonchev–Trinajstić information content (AvgIpc) is 3.33. The summed E-state index contributed by atoms with van der Waals surface area (Å²) in [5.41, 5.74) is 2.40. The summed E-state index contributed by atoms with van der Waals surface area (Å²) in [7, 11) is 1.44. The first-order chi connectivity index (χ1) is 17.5. The minimum absolute atomic E-state index is 0.0397. The van der Waals surface area contributed by atoms with E-state index in [0.717, 1.165) is 0 Å². The van der Waals surface area contributed by atoms with Crippen LogP contribution in [0, 0.1) is 0 Å². The molecule has 0 unspecified atom stereocenters. The molecule has 3 N–H and O–H groups in total. The molecule has 178 valence electrons. The van der Waals surface area contributed by atoms with E-state index in [4.69, 9.17) is 29.2 Å². The third-order valence-electron chi connectivity index (χ3n) is 6.15. The lowest BCUT2D eigenvalue weighted by molar-refractivity contribution is -0.214. The highest BCUT2D eigenvalue weighted by atomic mass is 19.1. The fourth-order valence-electron chi connectivity index (χ4n) is 4.57. The summed E-state index contributed by atoms with van der Waals surface area (Å²) >= 11 is 0. The molecule has 33 heavy (non-hydrogen) atoms. The molecule has 1 fully saturated rings. The Kier molecular flexibility index (Phi) is 4.85. The molecule has 0 radical (unpaired) electrons. The molecule has 5 rings (SSSR count). The number of benzene rings is 2. The van der Waals surface area contributed by atoms with E-state index in [-0.39, 0.29) is 17.9 Å². The minimum Gasteiger partial charge on any atom is -0.496 e. The molecule has 9 heteroatoms. The van der Waals surface area contributed by atoms with Crippen molar-refractivity contribution >= 4 is 0 Å². The molecule has 2 aromatic carbocycles. The molecule has 0 bridgehead atoms. The van der Waals surface area contributed by atoms with Crippen molar-refractivity contribution in [2.45, 2.75) is 43.4 Å². The average molecular weight is 466 g/mol. The van der Waals surface area contributed by atoms with Crippen LogP contribution in [0.5, 0.6) is 23.0 Å². The van der Waals surface area contributed by atoms with E-state index in [2.05, 4.69) is 0 Å². The molecule has 0 spiro atoms. The number of alkyl halides is 1. The zero-order valence-electron chi connectivity index (χ0n) is 21.8. The summed E-state index contributed by atoms with van der Waals surface area (Å²) in [6.45, 7) is -5.69. The molecule has 3 aliphatic rings. The van der Waals surface area contributed by atoms with Gasteiger partial charge >= 0.3 is 0 Å². The third-order valence-corrected chi connectivity index (χ3v) is 6.15. The van der Waals surface area contributed by atoms with Gasteiger partial charge in [-0.15, -0.1) is 0 Å². The van der Waals surface area contributed by atoms with Gasteiger partial charge < -0.3 is 39.0 Å². The second-order valence-electron chi connectivity index (χ2n) is 8.13. The van der Waals surface area contributed by atoms with Gasteiger partial charge in [0, 0.05) is 24.0 Å². The number of hydrogen-bond acceptors (Lipinski definition) is 8. The summed E-state index contributed by atoms with van der Waals surface area (Å²) in [5.74, 6) is 1.04. The van der Waals surface area contributed by atoms with Crippen LogP contribution in [0.15, 0.2) is 24.3 Å². The Bertz CT molecular complexity index is 1190. The van der Waals surface area contributed by atoms with Crippen LogP contribution in [-0.4, -0.2) is 73.2 Å². The molecule has 0 aromatic heterocycles. The van der Waals surface area contributed by atoms with Gasteiger partial charge in [0.1, 0.15) is 49.0 Å². The zero-order valence-corrected chi connectivity index (χ0v) is 17.8. The van der Waals surface area contributed by atoms with Crippen LogP contribution in [-0.2, 0) is 17.6 Å². The number of aliphatic hydroxyl groups excluding tert-OH is 3. The van der Waals surface area contributed by atoms with E-state index >= 15 is 0 Å². The highest BCUT2D eigenvalue weighted by molar-refractivity contribution is 5.59. The van der Waals surface area contributed by atoms with E-state index < -0.39 is 50.3 Å². The Morgan fingerprint density at radius 2 is 1.91 bits per heavy atom. The van der Waals surface area contributed by atoms with Crippen LogP contribution in [0.25, 0.3) is 0 Å². The van der Waals surface area contributed by atoms with Crippen LogP contribution in [0.1, 0.15) is 33.8 Å². The lowest BCUT2D eigenvalue weighted by atomic mass is 9.88. The van der Waals surface area contributed by atoms with Crippen LogP contribution in [0.2, 0.25) is 0 Å². The van der Waals surface area contributed by atoms with Gasteiger partial charge in [0.15, 0.2) is 17.7 Å². The molecule has 0 saturated carbocycles. The molecule has 3 heterocycles. The van der Waals surface area contributed by atoms with Gasteiger partial charge in [0.05, 0.1) is 25.8 Å². The van der Waals surface area contributed by atoms with Crippen molar-refractivity contribution in [3.8, 4) is 23.0 Å². The normalized spacial score (nSPS) is 33.1. The summed E-state index contributed by atoms with van der Waals surface area (Å²) in [4.78, 5) is 0. The molecular weight excluding hydrogens is 435 g/mol. The molecule has 1 saturated heterocycles. The summed E-state index contributed by atoms with van der Waals surface area (Å²) in [5, 5.41) is 30.5. The standard InChI is InChI=1S/C24H27FO8/c1-29-23-14-4-5-32-22(14)13(8-12-2-3-16-17(9-12)31-7-6-30-16)10-15(23)24-21(28)20(27)19(25)18(11-26)33-24/h2-3,9-10,18-21,24,26-28H,4-8,11H2,1H3/t18-,19-,20+,21-,24+/m1/s1/i6D2,7D2. The van der Waals surface area contributed by atoms with Gasteiger partial charge in [0.2, 0.25) is 0 Å². The van der Waals surface area contributed by atoms with E-state index in [1.807, 2.05) is 0 Å². The van der Waals surface area contributed by atoms with E-state index in [0.29, 0.717) is 46.8 Å². The Balaban J connectivity index is 1.53. The minimum atomic E-state index is -2.71. The highest BCUT2D eigenvalue weighted by Gasteiger charge is 2.46. The molecule has 3 aliphatic heterocycles. The number of hydrogen-bond donors (Lipinski definition) is 3. The summed E-state index contributed by atoms with van der Waals surface area (Å²) in [6, 6.07) is 6.38. The fourth-order valence-corrected chi connectivity index (χ4v) is 4.57. The number of aliphatic hydroxyl groups is 3. The number of ether oxygens (including phenoxy) is 5. The topological polar surface area (TPSA) is 107 Å². The maximum atomic E-state index is 14.4. The Hall–Kier alpha value is -2.59. The van der Waals surface area contributed by atoms with E-state index in [9.17, 15) is 19.7 Å². The number of methoxy groups -OCH3 is 1. The highest BCUT2D eigenvalue weighted by Crippen LogP contribution is 2.46. The Labute approximate surface area is 196 Å². The van der Waals surface area contributed by atoms with Crippen molar-refractivity contribution in [1.29, 1.82) is 0 Å². The largest absolute Gasteiger partial charge is 0.496 e. The van der Waals surface area contributed by atoms with Crippen molar-refractivity contribution in [1.82, 2.24) is 0 Å². The number of rotatable bonds is 5. The van der Waals surface area contributed by atoms with Gasteiger partial charge in [-0.2, -0.15) is 0 Å². The first-order valence-electron chi connectivity index (χ1n) is 12.6. The van der Waals surface area contributed by atoms with E-state index in [1.165, 1.54) is 13.2 Å². The summed E-state index contributed by atoms with van der Waals surface area (Å²) < 4.78 is 73.1.